The zero-order valence-electron chi connectivity index (χ0n) is 6.72. The van der Waals surface area contributed by atoms with E-state index in [4.69, 9.17) is 21.8 Å². The van der Waals surface area contributed by atoms with Crippen LogP contribution in [0.4, 0.5) is 13.2 Å². The summed E-state index contributed by atoms with van der Waals surface area (Å²) in [5.41, 5.74) is -0.609. The van der Waals surface area contributed by atoms with Gasteiger partial charge in [-0.25, -0.2) is 0 Å². The minimum Gasteiger partial charge on any atom is -0.508 e. The second-order valence-electron chi connectivity index (χ2n) is 2.65. The lowest BCUT2D eigenvalue weighted by atomic mass is 10.1. The number of alkyl halides is 3. The van der Waals surface area contributed by atoms with Gasteiger partial charge in [-0.2, -0.15) is 13.2 Å². The number of aliphatic hydroxyl groups is 1. The fourth-order valence-electron chi connectivity index (χ4n) is 0.924. The van der Waals surface area contributed by atoms with Crippen molar-refractivity contribution < 1.29 is 23.4 Å². The molecule has 0 aromatic heterocycles. The molecule has 1 rings (SSSR count). The molecule has 2 N–H and O–H groups in total. The molecule has 0 amide bonds. The number of hydrogen-bond donors (Lipinski definition) is 2. The fraction of sp³-hybridized carbons (Fsp3) is 0.250. The van der Waals surface area contributed by atoms with Gasteiger partial charge < -0.3 is 10.2 Å². The Kier molecular flexibility index (Phi) is 2.92. The van der Waals surface area contributed by atoms with E-state index in [0.29, 0.717) is 0 Å². The minimum atomic E-state index is -4.80. The van der Waals surface area contributed by atoms with Crippen molar-refractivity contribution in [3.63, 3.8) is 0 Å². The van der Waals surface area contributed by atoms with E-state index in [1.54, 1.807) is 0 Å². The molecule has 1 atom stereocenters. The van der Waals surface area contributed by atoms with Crippen LogP contribution in [0.5, 0.6) is 5.75 Å². The van der Waals surface area contributed by atoms with Crippen LogP contribution < -0.4 is 0 Å². The Bertz CT molecular complexity index is 338. The summed E-state index contributed by atoms with van der Waals surface area (Å²) in [4.78, 5) is 0. The van der Waals surface area contributed by atoms with Crippen LogP contribution in [0.2, 0.25) is 5.02 Å². The molecule has 2 nitrogen and oxygen atoms in total. The normalized spacial score (nSPS) is 14.1. The van der Waals surface area contributed by atoms with Crippen LogP contribution in [0.15, 0.2) is 18.2 Å². The maximum atomic E-state index is 12.0. The summed E-state index contributed by atoms with van der Waals surface area (Å²) in [6.07, 6.45) is -7.49. The van der Waals surface area contributed by atoms with E-state index >= 15 is 0 Å². The van der Waals surface area contributed by atoms with Gasteiger partial charge in [-0.1, -0.05) is 17.7 Å². The summed E-state index contributed by atoms with van der Waals surface area (Å²) in [6, 6.07) is 3.02. The van der Waals surface area contributed by atoms with Gasteiger partial charge in [0.2, 0.25) is 0 Å². The molecular weight excluding hydrogens is 221 g/mol. The van der Waals surface area contributed by atoms with Gasteiger partial charge in [0.25, 0.3) is 0 Å². The van der Waals surface area contributed by atoms with Gasteiger partial charge in [0.05, 0.1) is 0 Å². The highest BCUT2D eigenvalue weighted by Crippen LogP contribution is 2.37. The summed E-state index contributed by atoms with van der Waals surface area (Å²) >= 11 is 5.41. The molecule has 0 unspecified atom stereocenters. The fourth-order valence-corrected chi connectivity index (χ4v) is 1.09. The predicted molar refractivity (Wildman–Crippen MR) is 44.1 cm³/mol. The summed E-state index contributed by atoms with van der Waals surface area (Å²) in [7, 11) is 0. The van der Waals surface area contributed by atoms with E-state index < -0.39 is 23.6 Å². The van der Waals surface area contributed by atoms with Gasteiger partial charge in [0.1, 0.15) is 5.75 Å². The third-order valence-electron chi connectivity index (χ3n) is 1.60. The SMILES string of the molecule is Oc1cc(Cl)ccc1[C@@H](O)C(F)(F)F. The molecule has 0 aliphatic heterocycles. The van der Waals surface area contributed by atoms with Crippen molar-refractivity contribution in [2.24, 2.45) is 0 Å². The Balaban J connectivity index is 3.08. The Morgan fingerprint density at radius 2 is 1.86 bits per heavy atom. The second-order valence-corrected chi connectivity index (χ2v) is 3.08. The zero-order chi connectivity index (χ0) is 10.9. The summed E-state index contributed by atoms with van der Waals surface area (Å²) in [5, 5.41) is 18.0. The average Bonchev–Trinajstić information content (AvgIpc) is 2.01. The van der Waals surface area contributed by atoms with Gasteiger partial charge in [-0.15, -0.1) is 0 Å². The Morgan fingerprint density at radius 1 is 1.29 bits per heavy atom. The molecular formula is C8H6ClF3O2. The first-order valence-corrected chi connectivity index (χ1v) is 3.93. The molecule has 1 aromatic rings. The number of aromatic hydroxyl groups is 1. The van der Waals surface area contributed by atoms with Crippen molar-refractivity contribution in [1.82, 2.24) is 0 Å². The number of halogens is 4. The van der Waals surface area contributed by atoms with Crippen LogP contribution >= 0.6 is 11.6 Å². The first-order chi connectivity index (χ1) is 6.32. The molecule has 14 heavy (non-hydrogen) atoms. The maximum Gasteiger partial charge on any atom is 0.418 e. The molecule has 1 aromatic carbocycles. The van der Waals surface area contributed by atoms with Crippen LogP contribution in [0.25, 0.3) is 0 Å². The average molecular weight is 227 g/mol. The Morgan fingerprint density at radius 3 is 2.29 bits per heavy atom. The molecule has 0 radical (unpaired) electrons. The number of hydrogen-bond acceptors (Lipinski definition) is 2. The summed E-state index contributed by atoms with van der Waals surface area (Å²) in [6.45, 7) is 0. The number of phenolic OH excluding ortho intramolecular Hbond substituents is 1. The lowest BCUT2D eigenvalue weighted by molar-refractivity contribution is -0.207. The second kappa shape index (κ2) is 3.67. The quantitative estimate of drug-likeness (QED) is 0.773. The van der Waals surface area contributed by atoms with Crippen LogP contribution in [0.3, 0.4) is 0 Å². The lowest BCUT2D eigenvalue weighted by Crippen LogP contribution is -2.20. The first kappa shape index (κ1) is 11.1. The van der Waals surface area contributed by atoms with Gasteiger partial charge in [-0.05, 0) is 12.1 Å². The molecule has 6 heteroatoms. The van der Waals surface area contributed by atoms with Gasteiger partial charge in [0, 0.05) is 10.6 Å². The standard InChI is InChI=1S/C8H6ClF3O2/c9-4-1-2-5(6(13)3-4)7(14)8(10,11)12/h1-3,7,13-14H/t7-/m1/s1. The van der Waals surface area contributed by atoms with E-state index in [9.17, 15) is 13.2 Å². The molecule has 0 aliphatic rings. The lowest BCUT2D eigenvalue weighted by Gasteiger charge is -2.15. The molecule has 0 saturated heterocycles. The van der Waals surface area contributed by atoms with E-state index in [-0.39, 0.29) is 5.02 Å². The molecule has 0 saturated carbocycles. The third kappa shape index (κ3) is 2.30. The number of rotatable bonds is 1. The van der Waals surface area contributed by atoms with Gasteiger partial charge in [0.15, 0.2) is 6.10 Å². The van der Waals surface area contributed by atoms with Crippen molar-refractivity contribution in [2.45, 2.75) is 12.3 Å². The number of phenols is 1. The van der Waals surface area contributed by atoms with Crippen molar-refractivity contribution in [2.75, 3.05) is 0 Å². The molecule has 0 bridgehead atoms. The van der Waals surface area contributed by atoms with Crippen molar-refractivity contribution in [1.29, 1.82) is 0 Å². The highest BCUT2D eigenvalue weighted by atomic mass is 35.5. The van der Waals surface area contributed by atoms with Crippen molar-refractivity contribution >= 4 is 11.6 Å². The van der Waals surface area contributed by atoms with Gasteiger partial charge in [-0.3, -0.25) is 0 Å². The smallest absolute Gasteiger partial charge is 0.418 e. The van der Waals surface area contributed by atoms with E-state index in [0.717, 1.165) is 18.2 Å². The summed E-state index contributed by atoms with van der Waals surface area (Å²) in [5.74, 6) is -0.678. The minimum absolute atomic E-state index is 0.0978. The largest absolute Gasteiger partial charge is 0.508 e. The third-order valence-corrected chi connectivity index (χ3v) is 1.83. The topological polar surface area (TPSA) is 40.5 Å². The summed E-state index contributed by atoms with van der Waals surface area (Å²) < 4.78 is 36.1. The first-order valence-electron chi connectivity index (χ1n) is 3.55. The molecule has 0 aliphatic carbocycles. The molecule has 0 heterocycles. The monoisotopic (exact) mass is 226 g/mol. The van der Waals surface area contributed by atoms with Crippen molar-refractivity contribution in [3.05, 3.63) is 28.8 Å². The van der Waals surface area contributed by atoms with Crippen LogP contribution in [-0.4, -0.2) is 16.4 Å². The maximum absolute atomic E-state index is 12.0. The van der Waals surface area contributed by atoms with E-state index in [1.165, 1.54) is 0 Å². The number of aliphatic hydroxyl groups excluding tert-OH is 1. The van der Waals surface area contributed by atoms with Crippen LogP contribution in [0, 0.1) is 0 Å². The Labute approximate surface area is 82.5 Å². The van der Waals surface area contributed by atoms with Crippen LogP contribution in [-0.2, 0) is 0 Å². The zero-order valence-corrected chi connectivity index (χ0v) is 7.47. The van der Waals surface area contributed by atoms with E-state index in [2.05, 4.69) is 0 Å². The number of benzene rings is 1. The molecule has 0 spiro atoms. The molecule has 0 fully saturated rings. The van der Waals surface area contributed by atoms with Crippen molar-refractivity contribution in [3.8, 4) is 5.75 Å². The van der Waals surface area contributed by atoms with E-state index in [1.807, 2.05) is 0 Å². The highest BCUT2D eigenvalue weighted by molar-refractivity contribution is 6.30. The Hall–Kier alpha value is -0.940. The predicted octanol–water partition coefficient (Wildman–Crippen LogP) is 2.64. The highest BCUT2D eigenvalue weighted by Gasteiger charge is 2.40. The van der Waals surface area contributed by atoms with Crippen LogP contribution in [0.1, 0.15) is 11.7 Å². The van der Waals surface area contributed by atoms with Gasteiger partial charge >= 0.3 is 6.18 Å². The molecule has 78 valence electrons.